The van der Waals surface area contributed by atoms with E-state index in [-0.39, 0.29) is 16.5 Å². The van der Waals surface area contributed by atoms with E-state index >= 15 is 0 Å². The van der Waals surface area contributed by atoms with Crippen molar-refractivity contribution in [1.29, 1.82) is 0 Å². The van der Waals surface area contributed by atoms with Crippen LogP contribution in [0.3, 0.4) is 0 Å². The Kier molecular flexibility index (Phi) is 4.99. The molecule has 0 spiro atoms. The quantitative estimate of drug-likeness (QED) is 0.828. The molecule has 0 radical (unpaired) electrons. The number of hydrogen-bond donors (Lipinski definition) is 2. The maximum absolute atomic E-state index is 13.4. The van der Waals surface area contributed by atoms with Crippen molar-refractivity contribution >= 4 is 28.7 Å². The molecular weight excluding hydrogens is 301 g/mol. The van der Waals surface area contributed by atoms with Crippen molar-refractivity contribution in [1.82, 2.24) is 0 Å². The zero-order valence-corrected chi connectivity index (χ0v) is 11.5. The van der Waals surface area contributed by atoms with E-state index in [1.165, 1.54) is 30.3 Å². The van der Waals surface area contributed by atoms with E-state index in [1.54, 1.807) is 18.2 Å². The molecule has 2 aromatic rings. The van der Waals surface area contributed by atoms with Gasteiger partial charge in [0.1, 0.15) is 11.6 Å². The molecule has 2 aromatic carbocycles. The molecule has 0 saturated heterocycles. The van der Waals surface area contributed by atoms with Gasteiger partial charge in [-0.05, 0) is 48.6 Å². The lowest BCUT2D eigenvalue weighted by molar-refractivity contribution is -0.0498. The molecule has 0 saturated carbocycles. The number of alkyl halides is 2. The van der Waals surface area contributed by atoms with Gasteiger partial charge in [-0.1, -0.05) is 12.1 Å². The van der Waals surface area contributed by atoms with Crippen molar-refractivity contribution in [2.75, 3.05) is 10.6 Å². The molecule has 2 rings (SSSR count). The number of rotatable bonds is 4. The Morgan fingerprint density at radius 2 is 1.67 bits per heavy atom. The lowest BCUT2D eigenvalue weighted by atomic mass is 10.3. The second kappa shape index (κ2) is 6.94. The summed E-state index contributed by atoms with van der Waals surface area (Å²) in [6.45, 7) is -2.87. The molecule has 0 aliphatic heterocycles. The van der Waals surface area contributed by atoms with Crippen LogP contribution in [0, 0.1) is 5.82 Å². The Hall–Kier alpha value is -2.28. The highest BCUT2D eigenvalue weighted by atomic mass is 32.1. The fourth-order valence-electron chi connectivity index (χ4n) is 1.57. The highest BCUT2D eigenvalue weighted by Crippen LogP contribution is 2.18. The number of para-hydroxylation sites is 1. The van der Waals surface area contributed by atoms with E-state index in [2.05, 4.69) is 15.4 Å². The van der Waals surface area contributed by atoms with Gasteiger partial charge in [-0.15, -0.1) is 0 Å². The Bertz CT molecular complexity index is 620. The largest absolute Gasteiger partial charge is 0.435 e. The summed E-state index contributed by atoms with van der Waals surface area (Å²) in [5, 5.41) is 5.69. The first-order valence-electron chi connectivity index (χ1n) is 5.92. The fourth-order valence-corrected chi connectivity index (χ4v) is 1.79. The van der Waals surface area contributed by atoms with E-state index in [4.69, 9.17) is 12.2 Å². The van der Waals surface area contributed by atoms with Crippen LogP contribution >= 0.6 is 12.2 Å². The van der Waals surface area contributed by atoms with Gasteiger partial charge in [0.15, 0.2) is 5.11 Å². The van der Waals surface area contributed by atoms with Gasteiger partial charge in [0.05, 0.1) is 5.69 Å². The van der Waals surface area contributed by atoms with Crippen LogP contribution in [0.4, 0.5) is 24.5 Å². The molecular formula is C14H11F3N2OS. The Labute approximate surface area is 124 Å². The predicted octanol–water partition coefficient (Wildman–Crippen LogP) is 4.24. The molecule has 0 bridgehead atoms. The number of ether oxygens (including phenoxy) is 1. The maximum atomic E-state index is 13.4. The zero-order chi connectivity index (χ0) is 15.2. The molecule has 0 atom stereocenters. The standard InChI is InChI=1S/C14H11F3N2OS/c15-11-3-1-2-4-12(11)19-14(21)18-9-5-7-10(8-6-9)20-13(16)17/h1-8,13H,(H2,18,19,21). The first-order chi connectivity index (χ1) is 10.0. The lowest BCUT2D eigenvalue weighted by Gasteiger charge is -2.11. The van der Waals surface area contributed by atoms with E-state index in [1.807, 2.05) is 0 Å². The summed E-state index contributed by atoms with van der Waals surface area (Å²) in [4.78, 5) is 0. The summed E-state index contributed by atoms with van der Waals surface area (Å²) in [6, 6.07) is 11.9. The van der Waals surface area contributed by atoms with E-state index in [0.717, 1.165) is 0 Å². The maximum Gasteiger partial charge on any atom is 0.387 e. The summed E-state index contributed by atoms with van der Waals surface area (Å²) < 4.78 is 41.7. The van der Waals surface area contributed by atoms with Crippen LogP contribution in [0.15, 0.2) is 48.5 Å². The molecule has 0 aromatic heterocycles. The summed E-state index contributed by atoms with van der Waals surface area (Å²) in [5.41, 5.74) is 0.804. The number of anilines is 2. The topological polar surface area (TPSA) is 33.3 Å². The number of hydrogen-bond acceptors (Lipinski definition) is 2. The first-order valence-corrected chi connectivity index (χ1v) is 6.33. The molecule has 0 amide bonds. The van der Waals surface area contributed by atoms with Crippen LogP contribution in [0.25, 0.3) is 0 Å². The van der Waals surface area contributed by atoms with Gasteiger partial charge in [-0.3, -0.25) is 0 Å². The van der Waals surface area contributed by atoms with E-state index < -0.39 is 12.4 Å². The summed E-state index contributed by atoms with van der Waals surface area (Å²) in [6.07, 6.45) is 0. The predicted molar refractivity (Wildman–Crippen MR) is 79.3 cm³/mol. The van der Waals surface area contributed by atoms with Crippen molar-refractivity contribution < 1.29 is 17.9 Å². The monoisotopic (exact) mass is 312 g/mol. The van der Waals surface area contributed by atoms with E-state index in [9.17, 15) is 13.2 Å². The van der Waals surface area contributed by atoms with E-state index in [0.29, 0.717) is 5.69 Å². The van der Waals surface area contributed by atoms with Gasteiger partial charge < -0.3 is 15.4 Å². The second-order valence-electron chi connectivity index (χ2n) is 3.96. The van der Waals surface area contributed by atoms with Gasteiger partial charge >= 0.3 is 6.61 Å². The number of benzene rings is 2. The van der Waals surface area contributed by atoms with Gasteiger partial charge in [0, 0.05) is 5.69 Å². The third-order valence-corrected chi connectivity index (χ3v) is 2.66. The molecule has 2 N–H and O–H groups in total. The second-order valence-corrected chi connectivity index (χ2v) is 4.37. The van der Waals surface area contributed by atoms with Crippen molar-refractivity contribution in [3.8, 4) is 5.75 Å². The van der Waals surface area contributed by atoms with Crippen LogP contribution in [0.1, 0.15) is 0 Å². The van der Waals surface area contributed by atoms with Gasteiger partial charge in [-0.25, -0.2) is 4.39 Å². The van der Waals surface area contributed by atoms with Crippen molar-refractivity contribution in [3.63, 3.8) is 0 Å². The third-order valence-electron chi connectivity index (χ3n) is 2.46. The molecule has 3 nitrogen and oxygen atoms in total. The van der Waals surface area contributed by atoms with Crippen LogP contribution in [0.2, 0.25) is 0 Å². The zero-order valence-electron chi connectivity index (χ0n) is 10.6. The summed E-state index contributed by atoms with van der Waals surface area (Å²) >= 11 is 5.04. The molecule has 110 valence electrons. The fraction of sp³-hybridized carbons (Fsp3) is 0.0714. The number of halogens is 3. The van der Waals surface area contributed by atoms with Crippen molar-refractivity contribution in [3.05, 3.63) is 54.3 Å². The van der Waals surface area contributed by atoms with Crippen LogP contribution in [0.5, 0.6) is 5.75 Å². The average molecular weight is 312 g/mol. The highest BCUT2D eigenvalue weighted by Gasteiger charge is 2.05. The third kappa shape index (κ3) is 4.64. The minimum atomic E-state index is -2.87. The Morgan fingerprint density at radius 1 is 1.00 bits per heavy atom. The summed E-state index contributed by atoms with van der Waals surface area (Å²) in [7, 11) is 0. The average Bonchev–Trinajstić information content (AvgIpc) is 2.43. The Balaban J connectivity index is 1.95. The molecule has 0 heterocycles. The smallest absolute Gasteiger partial charge is 0.387 e. The molecule has 0 aliphatic carbocycles. The molecule has 0 unspecified atom stereocenters. The first kappa shape index (κ1) is 15.1. The van der Waals surface area contributed by atoms with Gasteiger partial charge in [0.2, 0.25) is 0 Å². The minimum Gasteiger partial charge on any atom is -0.435 e. The SMILES string of the molecule is Fc1ccccc1NC(=S)Nc1ccc(OC(F)F)cc1. The number of nitrogens with one attached hydrogen (secondary N) is 2. The number of thiocarbonyl (C=S) groups is 1. The summed E-state index contributed by atoms with van der Waals surface area (Å²) in [5.74, 6) is -0.383. The highest BCUT2D eigenvalue weighted by molar-refractivity contribution is 7.80. The van der Waals surface area contributed by atoms with Gasteiger partial charge in [0.25, 0.3) is 0 Å². The van der Waals surface area contributed by atoms with Crippen LogP contribution < -0.4 is 15.4 Å². The van der Waals surface area contributed by atoms with Crippen LogP contribution in [-0.2, 0) is 0 Å². The Morgan fingerprint density at radius 3 is 2.29 bits per heavy atom. The lowest BCUT2D eigenvalue weighted by Crippen LogP contribution is -2.19. The molecule has 7 heteroatoms. The normalized spacial score (nSPS) is 10.3. The van der Waals surface area contributed by atoms with Gasteiger partial charge in [-0.2, -0.15) is 8.78 Å². The van der Waals surface area contributed by atoms with Crippen molar-refractivity contribution in [2.45, 2.75) is 6.61 Å². The molecule has 0 fully saturated rings. The van der Waals surface area contributed by atoms with Crippen LogP contribution in [-0.4, -0.2) is 11.7 Å². The molecule has 0 aliphatic rings. The minimum absolute atomic E-state index is 0.0449. The molecule has 21 heavy (non-hydrogen) atoms. The van der Waals surface area contributed by atoms with Crippen molar-refractivity contribution in [2.24, 2.45) is 0 Å².